The van der Waals surface area contributed by atoms with Crippen LogP contribution in [-0.2, 0) is 4.74 Å². The van der Waals surface area contributed by atoms with Gasteiger partial charge in [0.2, 0.25) is 0 Å². The average Bonchev–Trinajstić information content (AvgIpc) is 2.53. The van der Waals surface area contributed by atoms with Crippen LogP contribution in [0.5, 0.6) is 0 Å². The minimum absolute atomic E-state index is 0.0489. The molecule has 5 heteroatoms. The first-order chi connectivity index (χ1) is 8.10. The van der Waals surface area contributed by atoms with E-state index >= 15 is 0 Å². The molecule has 0 radical (unpaired) electrons. The summed E-state index contributed by atoms with van der Waals surface area (Å²) in [5, 5.41) is 10.5. The zero-order valence-electron chi connectivity index (χ0n) is 10.6. The first kappa shape index (κ1) is 13.8. The van der Waals surface area contributed by atoms with Crippen molar-refractivity contribution in [2.75, 3.05) is 6.61 Å². The second kappa shape index (κ2) is 6.47. The summed E-state index contributed by atoms with van der Waals surface area (Å²) < 4.78 is 5.01. The standard InChI is InChI=1S/C12H23N3O2/c1-2-9-17-11(16)15-12(10(13)14)7-5-3-4-6-8-12/h2-9H2,1H3,(H3,13,14)(H,15,16). The molecule has 1 saturated carbocycles. The monoisotopic (exact) mass is 241 g/mol. The molecule has 0 aliphatic heterocycles. The highest BCUT2D eigenvalue weighted by molar-refractivity contribution is 5.90. The smallest absolute Gasteiger partial charge is 0.407 e. The molecule has 17 heavy (non-hydrogen) atoms. The molecule has 0 spiro atoms. The molecule has 1 fully saturated rings. The highest BCUT2D eigenvalue weighted by Gasteiger charge is 2.36. The first-order valence-electron chi connectivity index (χ1n) is 6.40. The maximum Gasteiger partial charge on any atom is 0.407 e. The van der Waals surface area contributed by atoms with E-state index in [0.717, 1.165) is 44.9 Å². The van der Waals surface area contributed by atoms with E-state index in [1.54, 1.807) is 0 Å². The van der Waals surface area contributed by atoms with Gasteiger partial charge in [0.05, 0.1) is 12.1 Å². The minimum atomic E-state index is -0.679. The Morgan fingerprint density at radius 1 is 1.35 bits per heavy atom. The van der Waals surface area contributed by atoms with Crippen LogP contribution >= 0.6 is 0 Å². The Labute approximate surface area is 103 Å². The molecule has 0 unspecified atom stereocenters. The maximum absolute atomic E-state index is 11.6. The van der Waals surface area contributed by atoms with Crippen molar-refractivity contribution < 1.29 is 9.53 Å². The number of rotatable bonds is 4. The van der Waals surface area contributed by atoms with Crippen molar-refractivity contribution in [2.24, 2.45) is 5.73 Å². The summed E-state index contributed by atoms with van der Waals surface area (Å²) >= 11 is 0. The van der Waals surface area contributed by atoms with E-state index in [9.17, 15) is 4.79 Å². The van der Waals surface area contributed by atoms with Gasteiger partial charge < -0.3 is 15.8 Å². The predicted molar refractivity (Wildman–Crippen MR) is 67.1 cm³/mol. The van der Waals surface area contributed by atoms with Gasteiger partial charge in [-0.15, -0.1) is 0 Å². The molecule has 0 bridgehead atoms. The van der Waals surface area contributed by atoms with Gasteiger partial charge in [0.25, 0.3) is 0 Å². The number of ether oxygens (including phenoxy) is 1. The van der Waals surface area contributed by atoms with Gasteiger partial charge in [-0.2, -0.15) is 0 Å². The first-order valence-corrected chi connectivity index (χ1v) is 6.40. The number of hydrogen-bond acceptors (Lipinski definition) is 3. The number of carbonyl (C=O) groups excluding carboxylic acids is 1. The number of amidine groups is 1. The van der Waals surface area contributed by atoms with Crippen molar-refractivity contribution in [3.8, 4) is 0 Å². The minimum Gasteiger partial charge on any atom is -0.450 e. The van der Waals surface area contributed by atoms with E-state index in [0.29, 0.717) is 6.61 Å². The molecule has 0 aromatic carbocycles. The predicted octanol–water partition coefficient (Wildman–Crippen LogP) is 2.15. The Bertz CT molecular complexity index is 271. The number of hydrogen-bond donors (Lipinski definition) is 3. The fraction of sp³-hybridized carbons (Fsp3) is 0.833. The molecule has 1 aliphatic rings. The van der Waals surface area contributed by atoms with Gasteiger partial charge >= 0.3 is 6.09 Å². The Hall–Kier alpha value is -1.26. The fourth-order valence-corrected chi connectivity index (χ4v) is 2.22. The van der Waals surface area contributed by atoms with E-state index in [1.807, 2.05) is 6.92 Å². The highest BCUT2D eigenvalue weighted by Crippen LogP contribution is 2.27. The Balaban J connectivity index is 2.63. The van der Waals surface area contributed by atoms with Crippen molar-refractivity contribution in [3.63, 3.8) is 0 Å². The quantitative estimate of drug-likeness (QED) is 0.400. The number of amides is 1. The lowest BCUT2D eigenvalue weighted by Gasteiger charge is -2.32. The van der Waals surface area contributed by atoms with Crippen LogP contribution in [0.25, 0.3) is 0 Å². The second-order valence-corrected chi connectivity index (χ2v) is 4.67. The van der Waals surface area contributed by atoms with Gasteiger partial charge in [0, 0.05) is 0 Å². The summed E-state index contributed by atoms with van der Waals surface area (Å²) in [6.07, 6.45) is 6.08. The van der Waals surface area contributed by atoms with Gasteiger partial charge in [-0.05, 0) is 19.3 Å². The van der Waals surface area contributed by atoms with E-state index in [2.05, 4.69) is 5.32 Å². The molecule has 0 heterocycles. The summed E-state index contributed by atoms with van der Waals surface area (Å²) in [5.74, 6) is 0.0489. The molecular formula is C12H23N3O2. The van der Waals surface area contributed by atoms with Gasteiger partial charge in [-0.1, -0.05) is 32.6 Å². The van der Waals surface area contributed by atoms with E-state index in [4.69, 9.17) is 15.9 Å². The second-order valence-electron chi connectivity index (χ2n) is 4.67. The number of nitrogens with one attached hydrogen (secondary N) is 2. The van der Waals surface area contributed by atoms with Crippen LogP contribution in [0.2, 0.25) is 0 Å². The molecule has 98 valence electrons. The zero-order chi connectivity index (χ0) is 12.7. The molecular weight excluding hydrogens is 218 g/mol. The lowest BCUT2D eigenvalue weighted by Crippen LogP contribution is -2.57. The van der Waals surface area contributed by atoms with Crippen LogP contribution in [-0.4, -0.2) is 24.1 Å². The van der Waals surface area contributed by atoms with Crippen LogP contribution in [0.3, 0.4) is 0 Å². The number of carbonyl (C=O) groups is 1. The van der Waals surface area contributed by atoms with Crippen LogP contribution in [0.4, 0.5) is 4.79 Å². The molecule has 1 rings (SSSR count). The Morgan fingerprint density at radius 2 is 1.94 bits per heavy atom. The van der Waals surface area contributed by atoms with Gasteiger partial charge in [0.1, 0.15) is 5.84 Å². The van der Waals surface area contributed by atoms with Crippen molar-refractivity contribution in [1.29, 1.82) is 5.41 Å². The third-order valence-corrected chi connectivity index (χ3v) is 3.25. The maximum atomic E-state index is 11.6. The van der Waals surface area contributed by atoms with Crippen molar-refractivity contribution >= 4 is 11.9 Å². The summed E-state index contributed by atoms with van der Waals surface area (Å²) in [6, 6.07) is 0. The molecule has 5 nitrogen and oxygen atoms in total. The summed E-state index contributed by atoms with van der Waals surface area (Å²) in [4.78, 5) is 11.6. The van der Waals surface area contributed by atoms with E-state index < -0.39 is 11.6 Å². The molecule has 0 aromatic heterocycles. The van der Waals surface area contributed by atoms with Crippen LogP contribution < -0.4 is 11.1 Å². The Kier molecular flexibility index (Phi) is 5.25. The largest absolute Gasteiger partial charge is 0.450 e. The molecule has 1 amide bonds. The lowest BCUT2D eigenvalue weighted by molar-refractivity contribution is 0.136. The van der Waals surface area contributed by atoms with Crippen LogP contribution in [0.1, 0.15) is 51.9 Å². The zero-order valence-corrected chi connectivity index (χ0v) is 10.6. The Morgan fingerprint density at radius 3 is 2.41 bits per heavy atom. The fourth-order valence-electron chi connectivity index (χ4n) is 2.22. The van der Waals surface area contributed by atoms with Crippen molar-refractivity contribution in [2.45, 2.75) is 57.4 Å². The third-order valence-electron chi connectivity index (χ3n) is 3.25. The van der Waals surface area contributed by atoms with Crippen LogP contribution in [0, 0.1) is 5.41 Å². The lowest BCUT2D eigenvalue weighted by atomic mass is 9.89. The normalized spacial score (nSPS) is 19.1. The number of nitrogens with two attached hydrogens (primary N) is 1. The van der Waals surface area contributed by atoms with Crippen molar-refractivity contribution in [3.05, 3.63) is 0 Å². The molecule has 4 N–H and O–H groups in total. The van der Waals surface area contributed by atoms with E-state index in [-0.39, 0.29) is 5.84 Å². The molecule has 0 aromatic rings. The molecule has 1 aliphatic carbocycles. The summed E-state index contributed by atoms with van der Waals surface area (Å²) in [7, 11) is 0. The number of alkyl carbamates (subject to hydrolysis) is 1. The topological polar surface area (TPSA) is 88.2 Å². The SMILES string of the molecule is CCCOC(=O)NC1(C(=N)N)CCCCCC1. The summed E-state index contributed by atoms with van der Waals surface area (Å²) in [6.45, 7) is 2.35. The molecule has 0 saturated heterocycles. The summed E-state index contributed by atoms with van der Waals surface area (Å²) in [5.41, 5.74) is 4.98. The van der Waals surface area contributed by atoms with Gasteiger partial charge in [-0.25, -0.2) is 4.79 Å². The van der Waals surface area contributed by atoms with Gasteiger partial charge in [-0.3, -0.25) is 5.41 Å². The van der Waals surface area contributed by atoms with Crippen LogP contribution in [0.15, 0.2) is 0 Å². The third kappa shape index (κ3) is 3.91. The molecule has 0 atom stereocenters. The highest BCUT2D eigenvalue weighted by atomic mass is 16.5. The van der Waals surface area contributed by atoms with E-state index in [1.165, 1.54) is 0 Å². The van der Waals surface area contributed by atoms with Crippen molar-refractivity contribution in [1.82, 2.24) is 5.32 Å². The average molecular weight is 241 g/mol. The van der Waals surface area contributed by atoms with Gasteiger partial charge in [0.15, 0.2) is 0 Å².